The first-order valence-corrected chi connectivity index (χ1v) is 4.84. The van der Waals surface area contributed by atoms with E-state index in [0.717, 1.165) is 0 Å². The normalized spacial score (nSPS) is 21.8. The van der Waals surface area contributed by atoms with Gasteiger partial charge in [0, 0.05) is 6.20 Å². The van der Waals surface area contributed by atoms with Gasteiger partial charge >= 0.3 is 0 Å². The van der Waals surface area contributed by atoms with Crippen molar-refractivity contribution in [2.45, 2.75) is 17.6 Å². The summed E-state index contributed by atoms with van der Waals surface area (Å²) in [4.78, 5) is 4.04. The first-order chi connectivity index (χ1) is 5.76. The zero-order chi connectivity index (χ0) is 8.60. The highest BCUT2D eigenvalue weighted by molar-refractivity contribution is 7.80. The second kappa shape index (κ2) is 2.64. The molecule has 1 aliphatic rings. The smallest absolute Gasteiger partial charge is 0.0748 e. The predicted octanol–water partition coefficient (Wildman–Crippen LogP) is 0.950. The molecule has 1 aromatic heterocycles. The highest BCUT2D eigenvalue weighted by atomic mass is 32.2. The fourth-order valence-electron chi connectivity index (χ4n) is 1.25. The van der Waals surface area contributed by atoms with Gasteiger partial charge in [-0.3, -0.25) is 9.19 Å². The average Bonchev–Trinajstić information content (AvgIpc) is 2.86. The van der Waals surface area contributed by atoms with Crippen LogP contribution in [0.5, 0.6) is 0 Å². The molecule has 0 saturated heterocycles. The van der Waals surface area contributed by atoms with Crippen LogP contribution in [0, 0.1) is 0 Å². The fourth-order valence-corrected chi connectivity index (χ4v) is 1.98. The lowest BCUT2D eigenvalue weighted by Crippen LogP contribution is -2.14. The summed E-state index contributed by atoms with van der Waals surface area (Å²) >= 11 is -2.03. The lowest BCUT2D eigenvalue weighted by molar-refractivity contribution is 0.519. The second-order valence-electron chi connectivity index (χ2n) is 2.94. The van der Waals surface area contributed by atoms with Crippen LogP contribution in [0.2, 0.25) is 0 Å². The summed E-state index contributed by atoms with van der Waals surface area (Å²) in [6.07, 6.45) is 3.04. The minimum Gasteiger partial charge on any atom is -0.772 e. The van der Waals surface area contributed by atoms with E-state index in [1.807, 2.05) is 6.07 Å². The quantitative estimate of drug-likeness (QED) is 0.640. The van der Waals surface area contributed by atoms with Gasteiger partial charge in [-0.15, -0.1) is 0 Å². The number of aromatic nitrogens is 1. The molecule has 1 unspecified atom stereocenters. The van der Waals surface area contributed by atoms with Crippen molar-refractivity contribution < 1.29 is 8.76 Å². The van der Waals surface area contributed by atoms with Gasteiger partial charge in [-0.25, -0.2) is 0 Å². The Bertz CT molecular complexity index is 308. The van der Waals surface area contributed by atoms with Gasteiger partial charge in [0.25, 0.3) is 0 Å². The summed E-state index contributed by atoms with van der Waals surface area (Å²) in [7, 11) is 0. The van der Waals surface area contributed by atoms with Crippen molar-refractivity contribution in [1.29, 1.82) is 0 Å². The van der Waals surface area contributed by atoms with Gasteiger partial charge in [-0.1, -0.05) is 6.07 Å². The van der Waals surface area contributed by atoms with E-state index in [1.165, 1.54) is 0 Å². The highest BCUT2D eigenvalue weighted by Crippen LogP contribution is 2.49. The minimum absolute atomic E-state index is 0.652. The molecule has 1 fully saturated rings. The molecule has 1 aromatic rings. The molecule has 0 radical (unpaired) electrons. The maximum atomic E-state index is 10.8. The van der Waals surface area contributed by atoms with Crippen LogP contribution in [-0.4, -0.2) is 13.7 Å². The van der Waals surface area contributed by atoms with Crippen molar-refractivity contribution in [3.63, 3.8) is 0 Å². The van der Waals surface area contributed by atoms with Crippen LogP contribution in [0.15, 0.2) is 24.4 Å². The zero-order valence-electron chi connectivity index (χ0n) is 6.40. The summed E-state index contributed by atoms with van der Waals surface area (Å²) in [6.45, 7) is 0. The monoisotopic (exact) mass is 182 g/mol. The Hall–Kier alpha value is -0.740. The number of hydrogen-bond acceptors (Lipinski definition) is 3. The van der Waals surface area contributed by atoms with Gasteiger partial charge in [0.2, 0.25) is 0 Å². The van der Waals surface area contributed by atoms with E-state index in [4.69, 9.17) is 0 Å². The Balaban J connectivity index is 2.37. The van der Waals surface area contributed by atoms with Gasteiger partial charge in [-0.05, 0) is 36.1 Å². The summed E-state index contributed by atoms with van der Waals surface area (Å²) in [6, 6.07) is 5.37. The molecule has 0 amide bonds. The standard InChI is InChI=1S/C8H9NO2S/c10-12(11)8(4-5-8)7-3-1-2-6-9-7/h1-3,6H,4-5H2,(H,10,11)/p-1. The van der Waals surface area contributed by atoms with E-state index in [-0.39, 0.29) is 0 Å². The molecule has 1 saturated carbocycles. The van der Waals surface area contributed by atoms with Crippen molar-refractivity contribution in [2.75, 3.05) is 0 Å². The largest absolute Gasteiger partial charge is 0.772 e. The van der Waals surface area contributed by atoms with E-state index in [1.54, 1.807) is 18.3 Å². The Morgan fingerprint density at radius 1 is 1.50 bits per heavy atom. The van der Waals surface area contributed by atoms with Gasteiger partial charge in [0.1, 0.15) is 0 Å². The highest BCUT2D eigenvalue weighted by Gasteiger charge is 2.47. The first-order valence-electron chi connectivity index (χ1n) is 3.77. The van der Waals surface area contributed by atoms with Crippen LogP contribution < -0.4 is 0 Å². The van der Waals surface area contributed by atoms with Crippen LogP contribution in [0.3, 0.4) is 0 Å². The molecule has 12 heavy (non-hydrogen) atoms. The molecule has 1 atom stereocenters. The molecular formula is C8H8NO2S-. The number of rotatable bonds is 2. The van der Waals surface area contributed by atoms with E-state index < -0.39 is 15.8 Å². The lowest BCUT2D eigenvalue weighted by atomic mass is 10.2. The Kier molecular flexibility index (Phi) is 1.73. The molecule has 1 heterocycles. The molecule has 64 valence electrons. The van der Waals surface area contributed by atoms with E-state index in [0.29, 0.717) is 18.5 Å². The summed E-state index contributed by atoms with van der Waals surface area (Å²) < 4.78 is 21.0. The van der Waals surface area contributed by atoms with Gasteiger partial charge in [0.15, 0.2) is 0 Å². The van der Waals surface area contributed by atoms with E-state index >= 15 is 0 Å². The Morgan fingerprint density at radius 3 is 2.67 bits per heavy atom. The predicted molar refractivity (Wildman–Crippen MR) is 44.1 cm³/mol. The third-order valence-corrected chi connectivity index (χ3v) is 3.41. The average molecular weight is 182 g/mol. The molecular weight excluding hydrogens is 174 g/mol. The van der Waals surface area contributed by atoms with Crippen molar-refractivity contribution in [3.8, 4) is 0 Å². The number of hydrogen-bond donors (Lipinski definition) is 0. The number of pyridine rings is 1. The first kappa shape index (κ1) is 7.89. The molecule has 2 rings (SSSR count). The van der Waals surface area contributed by atoms with Crippen LogP contribution in [0.25, 0.3) is 0 Å². The third-order valence-electron chi connectivity index (χ3n) is 2.15. The Morgan fingerprint density at radius 2 is 2.25 bits per heavy atom. The molecule has 1 aliphatic carbocycles. The minimum atomic E-state index is -2.03. The molecule has 0 aromatic carbocycles. The van der Waals surface area contributed by atoms with Crippen LogP contribution >= 0.6 is 0 Å². The molecule has 3 nitrogen and oxygen atoms in total. The second-order valence-corrected chi connectivity index (χ2v) is 4.19. The van der Waals surface area contributed by atoms with Crippen LogP contribution in [0.4, 0.5) is 0 Å². The maximum Gasteiger partial charge on any atom is 0.0748 e. The Labute approximate surface area is 73.1 Å². The number of nitrogens with zero attached hydrogens (tertiary/aromatic N) is 1. The fraction of sp³-hybridized carbons (Fsp3) is 0.375. The molecule has 4 heteroatoms. The van der Waals surface area contributed by atoms with Crippen molar-refractivity contribution >= 4 is 11.1 Å². The topological polar surface area (TPSA) is 53.0 Å². The van der Waals surface area contributed by atoms with Gasteiger partial charge < -0.3 is 4.55 Å². The van der Waals surface area contributed by atoms with Crippen molar-refractivity contribution in [2.24, 2.45) is 0 Å². The van der Waals surface area contributed by atoms with E-state index in [2.05, 4.69) is 4.98 Å². The molecule has 0 bridgehead atoms. The summed E-state index contributed by atoms with van der Waals surface area (Å²) in [5.74, 6) is 0. The SMILES string of the molecule is O=S([O-])C1(c2ccccn2)CC1. The summed E-state index contributed by atoms with van der Waals surface area (Å²) in [5, 5.41) is 0. The molecule has 0 spiro atoms. The van der Waals surface area contributed by atoms with Crippen molar-refractivity contribution in [3.05, 3.63) is 30.1 Å². The van der Waals surface area contributed by atoms with Crippen LogP contribution in [-0.2, 0) is 15.8 Å². The van der Waals surface area contributed by atoms with Crippen LogP contribution in [0.1, 0.15) is 18.5 Å². The molecule has 0 N–H and O–H groups in total. The zero-order valence-corrected chi connectivity index (χ0v) is 7.21. The summed E-state index contributed by atoms with van der Waals surface area (Å²) in [5.41, 5.74) is 0.679. The third kappa shape index (κ3) is 1.07. The maximum absolute atomic E-state index is 10.8. The van der Waals surface area contributed by atoms with Gasteiger partial charge in [0.05, 0.1) is 10.4 Å². The van der Waals surface area contributed by atoms with Gasteiger partial charge in [-0.2, -0.15) is 0 Å². The molecule has 0 aliphatic heterocycles. The van der Waals surface area contributed by atoms with E-state index in [9.17, 15) is 8.76 Å². The van der Waals surface area contributed by atoms with Crippen molar-refractivity contribution in [1.82, 2.24) is 4.98 Å². The lowest BCUT2D eigenvalue weighted by Gasteiger charge is -2.16.